The number of pyridine rings is 1. The number of rotatable bonds is 2. The van der Waals surface area contributed by atoms with Crippen LogP contribution in [0.4, 0.5) is 5.82 Å². The predicted molar refractivity (Wildman–Crippen MR) is 66.9 cm³/mol. The molecule has 0 bridgehead atoms. The smallest absolute Gasteiger partial charge is 0.128 e. The zero-order chi connectivity index (χ0) is 12.4. The van der Waals surface area contributed by atoms with Crippen LogP contribution >= 0.6 is 0 Å². The molecule has 2 unspecified atom stereocenters. The zero-order valence-corrected chi connectivity index (χ0v) is 10.4. The number of β-amino-alcohol motifs (C(OH)–C–C–N with tert-alkyl or cyclic N) is 1. The molecule has 1 fully saturated rings. The standard InChI is InChI=1S/C13H20N2O2/c1-9-4-6-15(8-12(9)17)13-7-11(10(2)16)3-5-14-13/h3,5,7,9-10,12,16-17H,4,6,8H2,1-2H3/t9?,10-,12?/m1/s1. The van der Waals surface area contributed by atoms with Crippen molar-refractivity contribution in [3.05, 3.63) is 23.9 Å². The number of nitrogens with zero attached hydrogens (tertiary/aromatic N) is 2. The van der Waals surface area contributed by atoms with Gasteiger partial charge in [-0.1, -0.05) is 6.92 Å². The van der Waals surface area contributed by atoms with Crippen LogP contribution in [0.25, 0.3) is 0 Å². The van der Waals surface area contributed by atoms with E-state index in [0.29, 0.717) is 12.5 Å². The highest BCUT2D eigenvalue weighted by atomic mass is 16.3. The average molecular weight is 236 g/mol. The van der Waals surface area contributed by atoms with E-state index in [0.717, 1.165) is 24.3 Å². The topological polar surface area (TPSA) is 56.6 Å². The Morgan fingerprint density at radius 3 is 2.94 bits per heavy atom. The summed E-state index contributed by atoms with van der Waals surface area (Å²) in [5.74, 6) is 1.19. The predicted octanol–water partition coefficient (Wildman–Crippen LogP) is 1.34. The molecule has 4 heteroatoms. The van der Waals surface area contributed by atoms with Crippen LogP contribution in [-0.4, -0.2) is 34.4 Å². The van der Waals surface area contributed by atoms with Gasteiger partial charge >= 0.3 is 0 Å². The minimum atomic E-state index is -0.481. The molecule has 0 radical (unpaired) electrons. The normalized spacial score (nSPS) is 26.9. The van der Waals surface area contributed by atoms with Gasteiger partial charge in [0.25, 0.3) is 0 Å². The molecule has 1 aromatic rings. The summed E-state index contributed by atoms with van der Waals surface area (Å²) in [6.07, 6.45) is 1.91. The molecular weight excluding hydrogens is 216 g/mol. The maximum Gasteiger partial charge on any atom is 0.128 e. The summed E-state index contributed by atoms with van der Waals surface area (Å²) in [4.78, 5) is 6.39. The van der Waals surface area contributed by atoms with Gasteiger partial charge < -0.3 is 15.1 Å². The maximum absolute atomic E-state index is 9.87. The zero-order valence-electron chi connectivity index (χ0n) is 10.4. The van der Waals surface area contributed by atoms with Crippen LogP contribution in [0, 0.1) is 5.92 Å². The molecule has 1 saturated heterocycles. The first-order valence-electron chi connectivity index (χ1n) is 6.15. The van der Waals surface area contributed by atoms with Crippen LogP contribution in [0.15, 0.2) is 18.3 Å². The largest absolute Gasteiger partial charge is 0.391 e. The Morgan fingerprint density at radius 1 is 1.53 bits per heavy atom. The third-order valence-electron chi connectivity index (χ3n) is 3.49. The van der Waals surface area contributed by atoms with E-state index in [9.17, 15) is 10.2 Å². The first-order valence-corrected chi connectivity index (χ1v) is 6.15. The fraction of sp³-hybridized carbons (Fsp3) is 0.615. The highest BCUT2D eigenvalue weighted by Gasteiger charge is 2.25. The summed E-state index contributed by atoms with van der Waals surface area (Å²) < 4.78 is 0. The lowest BCUT2D eigenvalue weighted by atomic mass is 9.96. The molecule has 1 aliphatic heterocycles. The van der Waals surface area contributed by atoms with E-state index in [-0.39, 0.29) is 6.10 Å². The fourth-order valence-corrected chi connectivity index (χ4v) is 2.12. The van der Waals surface area contributed by atoms with Crippen LogP contribution in [0.5, 0.6) is 0 Å². The lowest BCUT2D eigenvalue weighted by molar-refractivity contribution is 0.102. The van der Waals surface area contributed by atoms with E-state index in [1.165, 1.54) is 0 Å². The number of hydrogen-bond acceptors (Lipinski definition) is 4. The highest BCUT2D eigenvalue weighted by molar-refractivity contribution is 5.42. The molecule has 94 valence electrons. The van der Waals surface area contributed by atoms with E-state index >= 15 is 0 Å². The lowest BCUT2D eigenvalue weighted by Gasteiger charge is -2.35. The SMILES string of the molecule is CC1CCN(c2cc([C@@H](C)O)ccn2)CC1O. The molecule has 0 aromatic carbocycles. The Morgan fingerprint density at radius 2 is 2.29 bits per heavy atom. The fourth-order valence-electron chi connectivity index (χ4n) is 2.12. The number of aliphatic hydroxyl groups is 2. The van der Waals surface area contributed by atoms with Gasteiger partial charge in [0.1, 0.15) is 5.82 Å². The summed E-state index contributed by atoms with van der Waals surface area (Å²) >= 11 is 0. The third kappa shape index (κ3) is 2.76. The number of anilines is 1. The summed E-state index contributed by atoms with van der Waals surface area (Å²) in [7, 11) is 0. The summed E-state index contributed by atoms with van der Waals surface area (Å²) in [6.45, 7) is 5.35. The van der Waals surface area contributed by atoms with Crippen molar-refractivity contribution in [2.75, 3.05) is 18.0 Å². The van der Waals surface area contributed by atoms with Gasteiger partial charge in [0.2, 0.25) is 0 Å². The van der Waals surface area contributed by atoms with Crippen LogP contribution in [0.2, 0.25) is 0 Å². The number of hydrogen-bond donors (Lipinski definition) is 2. The Labute approximate surface area is 102 Å². The minimum Gasteiger partial charge on any atom is -0.391 e. The average Bonchev–Trinajstić information content (AvgIpc) is 2.33. The minimum absolute atomic E-state index is 0.291. The molecule has 4 nitrogen and oxygen atoms in total. The van der Waals surface area contributed by atoms with Gasteiger partial charge in [0.05, 0.1) is 12.2 Å². The van der Waals surface area contributed by atoms with Crippen molar-refractivity contribution in [1.29, 1.82) is 0 Å². The molecule has 1 aromatic heterocycles. The van der Waals surface area contributed by atoms with Gasteiger partial charge in [-0.2, -0.15) is 0 Å². The first-order chi connectivity index (χ1) is 8.08. The van der Waals surface area contributed by atoms with Crippen LogP contribution in [0.1, 0.15) is 31.9 Å². The molecule has 2 rings (SSSR count). The van der Waals surface area contributed by atoms with Crippen molar-refractivity contribution >= 4 is 5.82 Å². The Kier molecular flexibility index (Phi) is 3.64. The summed E-state index contributed by atoms with van der Waals surface area (Å²) in [6, 6.07) is 3.71. The van der Waals surface area contributed by atoms with Crippen molar-refractivity contribution in [2.24, 2.45) is 5.92 Å². The Bertz CT molecular complexity index is 381. The molecule has 0 spiro atoms. The van der Waals surface area contributed by atoms with Gasteiger partial charge in [-0.25, -0.2) is 4.98 Å². The van der Waals surface area contributed by atoms with Crippen molar-refractivity contribution in [1.82, 2.24) is 4.98 Å². The second kappa shape index (κ2) is 5.02. The second-order valence-electron chi connectivity index (χ2n) is 4.90. The first kappa shape index (κ1) is 12.3. The van der Waals surface area contributed by atoms with Gasteiger partial charge in [-0.05, 0) is 37.0 Å². The molecule has 1 aliphatic rings. The maximum atomic E-state index is 9.87. The van der Waals surface area contributed by atoms with Crippen molar-refractivity contribution in [3.63, 3.8) is 0 Å². The molecule has 2 heterocycles. The van der Waals surface area contributed by atoms with Crippen LogP contribution in [-0.2, 0) is 0 Å². The van der Waals surface area contributed by atoms with Crippen molar-refractivity contribution in [2.45, 2.75) is 32.5 Å². The van der Waals surface area contributed by atoms with Gasteiger partial charge in [0, 0.05) is 19.3 Å². The Balaban J connectivity index is 2.14. The molecule has 2 N–H and O–H groups in total. The van der Waals surface area contributed by atoms with Crippen molar-refractivity contribution < 1.29 is 10.2 Å². The highest BCUT2D eigenvalue weighted by Crippen LogP contribution is 2.23. The summed E-state index contributed by atoms with van der Waals surface area (Å²) in [5.41, 5.74) is 0.864. The van der Waals surface area contributed by atoms with Gasteiger partial charge in [0.15, 0.2) is 0 Å². The molecule has 0 saturated carbocycles. The molecule has 0 aliphatic carbocycles. The van der Waals surface area contributed by atoms with E-state index < -0.39 is 6.10 Å². The van der Waals surface area contributed by atoms with E-state index in [1.54, 1.807) is 13.1 Å². The lowest BCUT2D eigenvalue weighted by Crippen LogP contribution is -2.43. The van der Waals surface area contributed by atoms with E-state index in [1.807, 2.05) is 12.1 Å². The van der Waals surface area contributed by atoms with E-state index in [2.05, 4.69) is 16.8 Å². The number of aliphatic hydroxyl groups excluding tert-OH is 2. The van der Waals surface area contributed by atoms with Crippen LogP contribution in [0.3, 0.4) is 0 Å². The molecular formula is C13H20N2O2. The van der Waals surface area contributed by atoms with Gasteiger partial charge in [-0.15, -0.1) is 0 Å². The second-order valence-corrected chi connectivity index (χ2v) is 4.90. The quantitative estimate of drug-likeness (QED) is 0.813. The Hall–Kier alpha value is -1.13. The number of aromatic nitrogens is 1. The molecule has 3 atom stereocenters. The molecule has 17 heavy (non-hydrogen) atoms. The molecule has 0 amide bonds. The third-order valence-corrected chi connectivity index (χ3v) is 3.49. The monoisotopic (exact) mass is 236 g/mol. The summed E-state index contributed by atoms with van der Waals surface area (Å²) in [5, 5.41) is 19.4. The van der Waals surface area contributed by atoms with E-state index in [4.69, 9.17) is 0 Å². The van der Waals surface area contributed by atoms with Crippen LogP contribution < -0.4 is 4.90 Å². The van der Waals surface area contributed by atoms with Gasteiger partial charge in [-0.3, -0.25) is 0 Å². The number of piperidine rings is 1. The van der Waals surface area contributed by atoms with Crippen molar-refractivity contribution in [3.8, 4) is 0 Å².